The Morgan fingerprint density at radius 2 is 1.85 bits per heavy atom. The first kappa shape index (κ1) is 15.0. The molecule has 2 amide bonds. The summed E-state index contributed by atoms with van der Waals surface area (Å²) in [6.07, 6.45) is 5.07. The highest BCUT2D eigenvalue weighted by Gasteiger charge is 2.49. The second-order valence-electron chi connectivity index (χ2n) is 5.97. The smallest absolute Gasteiger partial charge is 0.303 e. The van der Waals surface area contributed by atoms with Crippen LogP contribution < -0.4 is 0 Å². The predicted molar refractivity (Wildman–Crippen MR) is 72.8 cm³/mol. The zero-order valence-corrected chi connectivity index (χ0v) is 12.0. The maximum absolute atomic E-state index is 12.2. The summed E-state index contributed by atoms with van der Waals surface area (Å²) in [4.78, 5) is 36.4. The van der Waals surface area contributed by atoms with Crippen LogP contribution >= 0.6 is 0 Å². The molecule has 2 fully saturated rings. The van der Waals surface area contributed by atoms with Gasteiger partial charge in [-0.1, -0.05) is 19.8 Å². The van der Waals surface area contributed by atoms with Crippen LogP contribution in [0.2, 0.25) is 0 Å². The minimum atomic E-state index is -0.786. The van der Waals surface area contributed by atoms with Crippen LogP contribution in [0.15, 0.2) is 0 Å². The number of nitrogens with zero attached hydrogens (tertiary/aromatic N) is 1. The van der Waals surface area contributed by atoms with Gasteiger partial charge in [-0.2, -0.15) is 0 Å². The standard InChI is InChI=1S/C15H23NO4/c1-2-10(6-7-13(17)18)8-9-16-14(19)11-4-3-5-12(11)15(16)20/h10-12H,2-9H2,1H3,(H,17,18). The van der Waals surface area contributed by atoms with E-state index in [1.807, 2.05) is 6.92 Å². The maximum atomic E-state index is 12.2. The average molecular weight is 281 g/mol. The van der Waals surface area contributed by atoms with Gasteiger partial charge in [-0.3, -0.25) is 19.3 Å². The number of carboxylic acids is 1. The third-order valence-corrected chi connectivity index (χ3v) is 4.79. The van der Waals surface area contributed by atoms with Gasteiger partial charge in [0, 0.05) is 13.0 Å². The van der Waals surface area contributed by atoms with Crippen molar-refractivity contribution in [2.24, 2.45) is 17.8 Å². The second-order valence-corrected chi connectivity index (χ2v) is 5.97. The van der Waals surface area contributed by atoms with Crippen molar-refractivity contribution in [1.29, 1.82) is 0 Å². The Morgan fingerprint density at radius 3 is 2.35 bits per heavy atom. The number of imide groups is 1. The van der Waals surface area contributed by atoms with Crippen LogP contribution in [0.1, 0.15) is 51.9 Å². The number of rotatable bonds is 7. The first-order valence-corrected chi connectivity index (χ1v) is 7.61. The summed E-state index contributed by atoms with van der Waals surface area (Å²) >= 11 is 0. The molecule has 1 saturated heterocycles. The Kier molecular flexibility index (Phi) is 4.78. The lowest BCUT2D eigenvalue weighted by atomic mass is 9.96. The fourth-order valence-corrected chi connectivity index (χ4v) is 3.47. The van der Waals surface area contributed by atoms with Crippen molar-refractivity contribution in [3.8, 4) is 0 Å². The van der Waals surface area contributed by atoms with Gasteiger partial charge >= 0.3 is 5.97 Å². The monoisotopic (exact) mass is 281 g/mol. The number of fused-ring (bicyclic) bond motifs is 1. The topological polar surface area (TPSA) is 74.7 Å². The molecule has 3 atom stereocenters. The highest BCUT2D eigenvalue weighted by Crippen LogP contribution is 2.39. The van der Waals surface area contributed by atoms with Crippen molar-refractivity contribution in [3.05, 3.63) is 0 Å². The van der Waals surface area contributed by atoms with Crippen LogP contribution in [0.25, 0.3) is 0 Å². The van der Waals surface area contributed by atoms with Crippen LogP contribution in [-0.2, 0) is 14.4 Å². The fraction of sp³-hybridized carbons (Fsp3) is 0.800. The van der Waals surface area contributed by atoms with Crippen LogP contribution in [0.3, 0.4) is 0 Å². The van der Waals surface area contributed by atoms with E-state index >= 15 is 0 Å². The molecule has 20 heavy (non-hydrogen) atoms. The molecule has 1 saturated carbocycles. The molecule has 1 aliphatic heterocycles. The highest BCUT2D eigenvalue weighted by atomic mass is 16.4. The zero-order valence-electron chi connectivity index (χ0n) is 12.0. The van der Waals surface area contributed by atoms with Crippen LogP contribution in [0.4, 0.5) is 0 Å². The van der Waals surface area contributed by atoms with E-state index in [1.165, 1.54) is 4.90 Å². The van der Waals surface area contributed by atoms with E-state index in [4.69, 9.17) is 5.11 Å². The van der Waals surface area contributed by atoms with Gasteiger partial charge in [0.1, 0.15) is 0 Å². The van der Waals surface area contributed by atoms with Crippen molar-refractivity contribution in [2.45, 2.75) is 51.9 Å². The van der Waals surface area contributed by atoms with Crippen LogP contribution in [0.5, 0.6) is 0 Å². The SMILES string of the molecule is CCC(CCC(=O)O)CCN1C(=O)C2CCCC2C1=O. The van der Waals surface area contributed by atoms with Gasteiger partial charge in [0.2, 0.25) is 11.8 Å². The first-order chi connectivity index (χ1) is 9.54. The molecule has 112 valence electrons. The highest BCUT2D eigenvalue weighted by molar-refractivity contribution is 6.05. The number of hydrogen-bond acceptors (Lipinski definition) is 3. The van der Waals surface area contributed by atoms with Crippen LogP contribution in [0, 0.1) is 17.8 Å². The molecule has 0 spiro atoms. The van der Waals surface area contributed by atoms with Crippen molar-refractivity contribution in [3.63, 3.8) is 0 Å². The second kappa shape index (κ2) is 6.37. The molecule has 3 unspecified atom stereocenters. The lowest BCUT2D eigenvalue weighted by Gasteiger charge is -2.20. The first-order valence-electron chi connectivity index (χ1n) is 7.61. The van der Waals surface area contributed by atoms with E-state index in [1.54, 1.807) is 0 Å². The lowest BCUT2D eigenvalue weighted by Crippen LogP contribution is -2.33. The number of carbonyl (C=O) groups excluding carboxylic acids is 2. The molecule has 0 aromatic heterocycles. The molecule has 0 bridgehead atoms. The summed E-state index contributed by atoms with van der Waals surface area (Å²) in [7, 11) is 0. The number of carbonyl (C=O) groups is 3. The molecule has 0 aromatic rings. The zero-order chi connectivity index (χ0) is 14.7. The van der Waals surface area contributed by atoms with Gasteiger partial charge in [0.25, 0.3) is 0 Å². The Labute approximate surface area is 119 Å². The van der Waals surface area contributed by atoms with Crippen molar-refractivity contribution >= 4 is 17.8 Å². The number of hydrogen-bond donors (Lipinski definition) is 1. The summed E-state index contributed by atoms with van der Waals surface area (Å²) in [5.41, 5.74) is 0. The quantitative estimate of drug-likeness (QED) is 0.725. The van der Waals surface area contributed by atoms with Gasteiger partial charge in [0.15, 0.2) is 0 Å². The van der Waals surface area contributed by atoms with Gasteiger partial charge in [-0.25, -0.2) is 0 Å². The third-order valence-electron chi connectivity index (χ3n) is 4.79. The summed E-state index contributed by atoms with van der Waals surface area (Å²) in [6.45, 7) is 2.48. The van der Waals surface area contributed by atoms with E-state index in [2.05, 4.69) is 0 Å². The maximum Gasteiger partial charge on any atom is 0.303 e. The number of amides is 2. The average Bonchev–Trinajstić information content (AvgIpc) is 2.97. The third kappa shape index (κ3) is 3.02. The Morgan fingerprint density at radius 1 is 1.25 bits per heavy atom. The molecule has 5 nitrogen and oxygen atoms in total. The fourth-order valence-electron chi connectivity index (χ4n) is 3.47. The molecule has 0 aromatic carbocycles. The minimum Gasteiger partial charge on any atom is -0.481 e. The normalized spacial score (nSPS) is 26.9. The largest absolute Gasteiger partial charge is 0.481 e. The molecule has 2 rings (SSSR count). The lowest BCUT2D eigenvalue weighted by molar-refractivity contribution is -0.141. The van der Waals surface area contributed by atoms with E-state index < -0.39 is 5.97 Å². The molecule has 1 heterocycles. The molecule has 5 heteroatoms. The van der Waals surface area contributed by atoms with E-state index in [0.717, 1.165) is 32.1 Å². The van der Waals surface area contributed by atoms with Gasteiger partial charge < -0.3 is 5.11 Å². The van der Waals surface area contributed by atoms with Gasteiger partial charge in [0.05, 0.1) is 11.8 Å². The molecular formula is C15H23NO4. The minimum absolute atomic E-state index is 0.00517. The molecular weight excluding hydrogens is 258 g/mol. The molecule has 1 aliphatic carbocycles. The Balaban J connectivity index is 1.85. The Hall–Kier alpha value is -1.39. The van der Waals surface area contributed by atoms with Crippen molar-refractivity contribution in [1.82, 2.24) is 4.90 Å². The van der Waals surface area contributed by atoms with E-state index in [0.29, 0.717) is 13.0 Å². The summed E-state index contributed by atoms with van der Waals surface area (Å²) in [5, 5.41) is 8.71. The van der Waals surface area contributed by atoms with Gasteiger partial charge in [-0.15, -0.1) is 0 Å². The summed E-state index contributed by atoms with van der Waals surface area (Å²) in [6, 6.07) is 0. The molecule has 2 aliphatic rings. The van der Waals surface area contributed by atoms with E-state index in [-0.39, 0.29) is 36.0 Å². The Bertz CT molecular complexity index is 385. The van der Waals surface area contributed by atoms with Gasteiger partial charge in [-0.05, 0) is 31.6 Å². The number of aliphatic carboxylic acids is 1. The van der Waals surface area contributed by atoms with Crippen molar-refractivity contribution < 1.29 is 19.5 Å². The summed E-state index contributed by atoms with van der Waals surface area (Å²) < 4.78 is 0. The molecule has 0 radical (unpaired) electrons. The van der Waals surface area contributed by atoms with Crippen molar-refractivity contribution in [2.75, 3.05) is 6.54 Å². The van der Waals surface area contributed by atoms with Crippen LogP contribution in [-0.4, -0.2) is 34.3 Å². The summed E-state index contributed by atoms with van der Waals surface area (Å²) in [5.74, 6) is -0.641. The predicted octanol–water partition coefficient (Wildman–Crippen LogP) is 2.05. The van der Waals surface area contributed by atoms with E-state index in [9.17, 15) is 14.4 Å². The number of carboxylic acid groups (broad SMARTS) is 1. The molecule has 1 N–H and O–H groups in total. The number of likely N-dealkylation sites (tertiary alicyclic amines) is 1.